The van der Waals surface area contributed by atoms with Crippen LogP contribution in [0.15, 0.2) is 76.5 Å². The Balaban J connectivity index is 1.93. The van der Waals surface area contributed by atoms with Crippen LogP contribution in [0.25, 0.3) is 11.1 Å². The molecule has 8 heteroatoms. The quantitative estimate of drug-likeness (QED) is 0.532. The van der Waals surface area contributed by atoms with Gasteiger partial charge in [-0.15, -0.1) is 0 Å². The second-order valence-corrected chi connectivity index (χ2v) is 9.89. The lowest BCUT2D eigenvalue weighted by Gasteiger charge is -2.17. The summed E-state index contributed by atoms with van der Waals surface area (Å²) in [6.45, 7) is 3.64. The molecule has 2 N–H and O–H groups in total. The number of benzene rings is 3. The Hall–Kier alpha value is -2.52. The van der Waals surface area contributed by atoms with E-state index in [4.69, 9.17) is 4.55 Å². The van der Waals surface area contributed by atoms with Crippen LogP contribution in [0.4, 0.5) is 0 Å². The van der Waals surface area contributed by atoms with Crippen LogP contribution in [0.2, 0.25) is 0 Å². The van der Waals surface area contributed by atoms with Gasteiger partial charge in [0.05, 0.1) is 9.79 Å². The molecule has 0 aliphatic heterocycles. The van der Waals surface area contributed by atoms with Crippen LogP contribution in [0.1, 0.15) is 36.0 Å². The molecule has 6 nitrogen and oxygen atoms in total. The molecule has 0 amide bonds. The molecule has 1 atom stereocenters. The molecule has 30 heavy (non-hydrogen) atoms. The fourth-order valence-corrected chi connectivity index (χ4v) is 4.73. The maximum Gasteiger partial charge on any atom is 0.294 e. The lowest BCUT2D eigenvalue weighted by molar-refractivity contribution is 0.480. The third-order valence-corrected chi connectivity index (χ3v) is 6.96. The molecular formula is C22H22O6S2. The standard InChI is InChI=1S/C22H22O6S2/c1-3-21(18-10-12-20(13-11-18)29(23,24)25)17-8-6-16(7-9-17)19-5-4-15(2)22(14-19)30(26,27)28/h4-14,21H,3H2,1-2H3,(H,23,24,25)(H,26,27,28). The van der Waals surface area contributed by atoms with Crippen molar-refractivity contribution in [2.75, 3.05) is 0 Å². The first-order valence-electron chi connectivity index (χ1n) is 9.26. The zero-order chi connectivity index (χ0) is 22.1. The Bertz CT molecular complexity index is 1260. The Labute approximate surface area is 176 Å². The zero-order valence-corrected chi connectivity index (χ0v) is 18.1. The minimum absolute atomic E-state index is 0.0286. The van der Waals surface area contributed by atoms with Crippen LogP contribution in [-0.2, 0) is 20.2 Å². The summed E-state index contributed by atoms with van der Waals surface area (Å²) in [6.07, 6.45) is 0.780. The molecular weight excluding hydrogens is 424 g/mol. The molecule has 0 radical (unpaired) electrons. The number of hydrogen-bond acceptors (Lipinski definition) is 4. The smallest absolute Gasteiger partial charge is 0.282 e. The van der Waals surface area contributed by atoms with E-state index < -0.39 is 20.2 Å². The van der Waals surface area contributed by atoms with Crippen LogP contribution in [0, 0.1) is 6.92 Å². The van der Waals surface area contributed by atoms with Crippen molar-refractivity contribution in [3.8, 4) is 11.1 Å². The average molecular weight is 447 g/mol. The van der Waals surface area contributed by atoms with E-state index in [0.29, 0.717) is 11.1 Å². The molecule has 0 heterocycles. The molecule has 158 valence electrons. The molecule has 3 aromatic carbocycles. The van der Waals surface area contributed by atoms with Crippen LogP contribution in [-0.4, -0.2) is 25.9 Å². The Morgan fingerprint density at radius 1 is 0.733 bits per heavy atom. The highest BCUT2D eigenvalue weighted by Gasteiger charge is 2.16. The van der Waals surface area contributed by atoms with Gasteiger partial charge in [0.15, 0.2) is 0 Å². The Kier molecular flexibility index (Phi) is 6.14. The van der Waals surface area contributed by atoms with Crippen molar-refractivity contribution in [3.63, 3.8) is 0 Å². The van der Waals surface area contributed by atoms with Crippen molar-refractivity contribution in [2.45, 2.75) is 36.0 Å². The fourth-order valence-electron chi connectivity index (χ4n) is 3.50. The van der Waals surface area contributed by atoms with E-state index in [2.05, 4.69) is 0 Å². The van der Waals surface area contributed by atoms with E-state index in [1.54, 1.807) is 31.2 Å². The number of aryl methyl sites for hydroxylation is 1. The highest BCUT2D eigenvalue weighted by molar-refractivity contribution is 7.86. The largest absolute Gasteiger partial charge is 0.294 e. The molecule has 0 saturated carbocycles. The highest BCUT2D eigenvalue weighted by Crippen LogP contribution is 2.31. The summed E-state index contributed by atoms with van der Waals surface area (Å²) in [6, 6.07) is 18.7. The van der Waals surface area contributed by atoms with E-state index in [-0.39, 0.29) is 15.7 Å². The van der Waals surface area contributed by atoms with E-state index in [1.807, 2.05) is 31.2 Å². The van der Waals surface area contributed by atoms with Crippen LogP contribution in [0.5, 0.6) is 0 Å². The first-order chi connectivity index (χ1) is 14.0. The summed E-state index contributed by atoms with van der Waals surface area (Å²) in [5.74, 6) is 0.0286. The molecule has 0 aromatic heterocycles. The Morgan fingerprint density at radius 3 is 1.70 bits per heavy atom. The summed E-state index contributed by atoms with van der Waals surface area (Å²) in [4.78, 5) is -0.264. The van der Waals surface area contributed by atoms with Gasteiger partial charge in [0.25, 0.3) is 20.2 Å². The van der Waals surface area contributed by atoms with Gasteiger partial charge in [-0.05, 0) is 59.4 Å². The molecule has 3 aromatic rings. The molecule has 1 unspecified atom stereocenters. The average Bonchev–Trinajstić information content (AvgIpc) is 2.68. The van der Waals surface area contributed by atoms with E-state index in [0.717, 1.165) is 23.1 Å². The van der Waals surface area contributed by atoms with Crippen LogP contribution < -0.4 is 0 Å². The summed E-state index contributed by atoms with van der Waals surface area (Å²) >= 11 is 0. The SMILES string of the molecule is CCC(c1ccc(-c2ccc(C)c(S(=O)(=O)O)c2)cc1)c1ccc(S(=O)(=O)O)cc1. The lowest BCUT2D eigenvalue weighted by atomic mass is 9.88. The van der Waals surface area contributed by atoms with E-state index in [1.165, 1.54) is 18.2 Å². The van der Waals surface area contributed by atoms with Crippen molar-refractivity contribution < 1.29 is 25.9 Å². The molecule has 3 rings (SSSR count). The van der Waals surface area contributed by atoms with Gasteiger partial charge in [0, 0.05) is 5.92 Å². The molecule has 0 fully saturated rings. The minimum Gasteiger partial charge on any atom is -0.282 e. The maximum absolute atomic E-state index is 11.6. The second-order valence-electron chi connectivity index (χ2n) is 7.08. The highest BCUT2D eigenvalue weighted by atomic mass is 32.2. The van der Waals surface area contributed by atoms with Crippen molar-refractivity contribution in [3.05, 3.63) is 83.4 Å². The third-order valence-electron chi connectivity index (χ3n) is 5.10. The van der Waals surface area contributed by atoms with Crippen molar-refractivity contribution in [2.24, 2.45) is 0 Å². The first-order valence-corrected chi connectivity index (χ1v) is 12.1. The predicted molar refractivity (Wildman–Crippen MR) is 115 cm³/mol. The normalized spacial score (nSPS) is 13.2. The van der Waals surface area contributed by atoms with Gasteiger partial charge in [-0.25, -0.2) is 0 Å². The summed E-state index contributed by atoms with van der Waals surface area (Å²) < 4.78 is 64.1. The monoisotopic (exact) mass is 446 g/mol. The number of rotatable bonds is 6. The molecule has 0 aliphatic rings. The van der Waals surface area contributed by atoms with Gasteiger partial charge in [0.2, 0.25) is 0 Å². The summed E-state index contributed by atoms with van der Waals surface area (Å²) in [7, 11) is -8.53. The second kappa shape index (κ2) is 8.31. The topological polar surface area (TPSA) is 109 Å². The van der Waals surface area contributed by atoms with Crippen molar-refractivity contribution in [1.82, 2.24) is 0 Å². The van der Waals surface area contributed by atoms with E-state index >= 15 is 0 Å². The van der Waals surface area contributed by atoms with Gasteiger partial charge < -0.3 is 0 Å². The minimum atomic E-state index is -4.30. The van der Waals surface area contributed by atoms with E-state index in [9.17, 15) is 21.4 Å². The molecule has 0 aliphatic carbocycles. The van der Waals surface area contributed by atoms with Crippen LogP contribution >= 0.6 is 0 Å². The van der Waals surface area contributed by atoms with Gasteiger partial charge in [-0.2, -0.15) is 16.8 Å². The molecule has 0 bridgehead atoms. The third kappa shape index (κ3) is 4.79. The molecule has 0 saturated heterocycles. The summed E-state index contributed by atoms with van der Waals surface area (Å²) in [5, 5.41) is 0. The van der Waals surface area contributed by atoms with Gasteiger partial charge >= 0.3 is 0 Å². The first kappa shape index (κ1) is 22.2. The zero-order valence-electron chi connectivity index (χ0n) is 16.5. The Morgan fingerprint density at radius 2 is 1.23 bits per heavy atom. The van der Waals surface area contributed by atoms with Gasteiger partial charge in [-0.1, -0.05) is 55.5 Å². The maximum atomic E-state index is 11.6. The fraction of sp³-hybridized carbons (Fsp3) is 0.182. The predicted octanol–water partition coefficient (Wildman–Crippen LogP) is 4.70. The summed E-state index contributed by atoms with van der Waals surface area (Å²) in [5.41, 5.74) is 3.88. The van der Waals surface area contributed by atoms with Crippen molar-refractivity contribution >= 4 is 20.2 Å². The molecule has 0 spiro atoms. The van der Waals surface area contributed by atoms with Crippen LogP contribution in [0.3, 0.4) is 0 Å². The van der Waals surface area contributed by atoms with Gasteiger partial charge in [-0.3, -0.25) is 9.11 Å². The number of hydrogen-bond donors (Lipinski definition) is 2. The van der Waals surface area contributed by atoms with Crippen molar-refractivity contribution in [1.29, 1.82) is 0 Å². The lowest BCUT2D eigenvalue weighted by Crippen LogP contribution is -2.02. The van der Waals surface area contributed by atoms with Gasteiger partial charge in [0.1, 0.15) is 0 Å².